The maximum absolute atomic E-state index is 13.3. The molecule has 2 aliphatic carbocycles. The summed E-state index contributed by atoms with van der Waals surface area (Å²) in [4.78, 5) is 79.1. The normalized spacial score (nSPS) is 27.4. The molecule has 98 heavy (non-hydrogen) atoms. The van der Waals surface area contributed by atoms with Crippen molar-refractivity contribution in [3.63, 3.8) is 0 Å². The van der Waals surface area contributed by atoms with Crippen LogP contribution in [0.25, 0.3) is 62.7 Å². The van der Waals surface area contributed by atoms with Gasteiger partial charge in [0, 0.05) is 63.3 Å². The topological polar surface area (TPSA) is 559 Å². The lowest BCUT2D eigenvalue weighted by molar-refractivity contribution is -0.262. The summed E-state index contributed by atoms with van der Waals surface area (Å²) in [6, 6.07) is 30.2. The summed E-state index contributed by atoms with van der Waals surface area (Å²) in [6.45, 7) is 4.27. The van der Waals surface area contributed by atoms with Crippen LogP contribution in [0.3, 0.4) is 0 Å². The molecule has 2 aliphatic heterocycles. The number of azide groups is 6. The number of hydrogen-bond donors (Lipinski definition) is 5. The van der Waals surface area contributed by atoms with Crippen LogP contribution in [-0.4, -0.2) is 188 Å². The Hall–Kier alpha value is -10.6. The molecule has 4 aromatic rings. The van der Waals surface area contributed by atoms with Crippen LogP contribution in [0.5, 0.6) is 0 Å². The van der Waals surface area contributed by atoms with Crippen molar-refractivity contribution in [1.29, 1.82) is 0 Å². The van der Waals surface area contributed by atoms with Crippen LogP contribution in [0, 0.1) is 0 Å². The van der Waals surface area contributed by atoms with Crippen molar-refractivity contribution < 1.29 is 87.4 Å². The van der Waals surface area contributed by atoms with E-state index >= 15 is 0 Å². The van der Waals surface area contributed by atoms with Gasteiger partial charge in [0.15, 0.2) is 24.8 Å². The molecule has 2 amide bonds. The molecule has 4 aromatic carbocycles. The molecule has 1 unspecified atom stereocenters. The molecule has 0 radical (unpaired) electrons. The van der Waals surface area contributed by atoms with E-state index in [2.05, 4.69) is 60.2 Å². The van der Waals surface area contributed by atoms with Crippen LogP contribution in [0.2, 0.25) is 0 Å². The first-order valence-corrected chi connectivity index (χ1v) is 30.4. The highest BCUT2D eigenvalue weighted by Gasteiger charge is 2.55. The number of carbonyl (C=O) groups is 5. The number of benzene rings is 4. The van der Waals surface area contributed by atoms with E-state index in [0.29, 0.717) is 25.8 Å². The monoisotopic (exact) mass is 1360 g/mol. The second-order valence-electron chi connectivity index (χ2n) is 22.4. The van der Waals surface area contributed by atoms with Gasteiger partial charge in [-0.15, -0.1) is 0 Å². The van der Waals surface area contributed by atoms with Crippen LogP contribution >= 0.6 is 0 Å². The minimum absolute atomic E-state index is 0.0581. The van der Waals surface area contributed by atoms with E-state index in [1.54, 1.807) is 4.90 Å². The van der Waals surface area contributed by atoms with Crippen LogP contribution in [0.1, 0.15) is 68.7 Å². The number of esters is 3. The fraction of sp³-hybridized carbons (Fsp3) is 0.517. The maximum Gasteiger partial charge on any atom is 0.410 e. The summed E-state index contributed by atoms with van der Waals surface area (Å²) in [5, 5.41) is 73.3. The first-order chi connectivity index (χ1) is 47.2. The van der Waals surface area contributed by atoms with E-state index in [0.717, 1.165) is 43.0 Å². The van der Waals surface area contributed by atoms with Crippen molar-refractivity contribution in [2.75, 3.05) is 13.1 Å². The number of amides is 2. The Morgan fingerprint density at radius 2 is 0.806 bits per heavy atom. The molecule has 4 aliphatic rings. The van der Waals surface area contributed by atoms with E-state index in [1.165, 1.54) is 4.90 Å². The smallest absolute Gasteiger partial charge is 0.410 e. The highest BCUT2D eigenvalue weighted by molar-refractivity contribution is 5.69. The summed E-state index contributed by atoms with van der Waals surface area (Å²) < 4.78 is 43.7. The number of carbonyl (C=O) groups excluding carboxylic acids is 5. The Labute approximate surface area is 558 Å². The summed E-state index contributed by atoms with van der Waals surface area (Å²) in [7, 11) is 0. The maximum atomic E-state index is 13.3. The van der Waals surface area contributed by atoms with Crippen LogP contribution in [0.4, 0.5) is 9.59 Å². The number of aliphatic hydroxyl groups excluding tert-OH is 5. The predicted molar refractivity (Wildman–Crippen MR) is 338 cm³/mol. The first-order valence-electron chi connectivity index (χ1n) is 30.4. The van der Waals surface area contributed by atoms with E-state index in [9.17, 15) is 49.5 Å². The Kier molecular flexibility index (Phi) is 30.7. The average Bonchev–Trinajstić information content (AvgIpc) is 0.778. The number of rotatable bonds is 23. The second kappa shape index (κ2) is 39.4. The molecular formula is C60H72N20O18. The molecule has 0 aromatic heterocycles. The predicted octanol–water partition coefficient (Wildman–Crippen LogP) is 8.36. The number of nitrogens with zero attached hydrogens (tertiary/aromatic N) is 20. The van der Waals surface area contributed by atoms with E-state index < -0.39 is 134 Å². The summed E-state index contributed by atoms with van der Waals surface area (Å²) in [5.74, 6) is -2.47. The number of hydrogen-bond acceptors (Lipinski definition) is 24. The molecule has 4 fully saturated rings. The number of aliphatic hydroxyl groups is 5. The molecule has 38 heteroatoms. The Bertz CT molecular complexity index is 3570. The van der Waals surface area contributed by atoms with Crippen molar-refractivity contribution >= 4 is 30.1 Å². The fourth-order valence-electron chi connectivity index (χ4n) is 11.0. The molecular weight excluding hydrogens is 1290 g/mol. The van der Waals surface area contributed by atoms with Crippen molar-refractivity contribution in [2.45, 2.75) is 183 Å². The Balaban J connectivity index is 0.000000245. The highest BCUT2D eigenvalue weighted by atomic mass is 16.7. The van der Waals surface area contributed by atoms with Crippen molar-refractivity contribution in [1.82, 2.24) is 9.80 Å². The van der Waals surface area contributed by atoms with Gasteiger partial charge in [-0.3, -0.25) is 14.4 Å². The molecule has 38 nitrogen and oxygen atoms in total. The van der Waals surface area contributed by atoms with Crippen molar-refractivity contribution in [2.24, 2.45) is 30.7 Å². The third-order valence-corrected chi connectivity index (χ3v) is 15.5. The molecule has 0 spiro atoms. The minimum Gasteiger partial charge on any atom is -0.461 e. The average molecular weight is 1360 g/mol. The Morgan fingerprint density at radius 3 is 1.24 bits per heavy atom. The van der Waals surface area contributed by atoms with Gasteiger partial charge in [-0.05, 0) is 81.1 Å². The van der Waals surface area contributed by atoms with Crippen molar-refractivity contribution in [3.8, 4) is 0 Å². The van der Waals surface area contributed by atoms with Gasteiger partial charge in [0.25, 0.3) is 0 Å². The van der Waals surface area contributed by atoms with Crippen molar-refractivity contribution in [3.05, 3.63) is 206 Å². The van der Waals surface area contributed by atoms with Gasteiger partial charge in [0.1, 0.15) is 49.7 Å². The lowest BCUT2D eigenvalue weighted by Crippen LogP contribution is -2.65. The second-order valence-corrected chi connectivity index (χ2v) is 22.4. The van der Waals surface area contributed by atoms with Crippen LogP contribution < -0.4 is 0 Å². The molecule has 2 saturated carbocycles. The quantitative estimate of drug-likeness (QED) is 0.0153. The number of ether oxygens (including phenoxy) is 8. The Morgan fingerprint density at radius 1 is 0.429 bits per heavy atom. The van der Waals surface area contributed by atoms with Gasteiger partial charge in [-0.1, -0.05) is 152 Å². The zero-order valence-corrected chi connectivity index (χ0v) is 53.0. The molecule has 18 atom stereocenters. The van der Waals surface area contributed by atoms with Gasteiger partial charge >= 0.3 is 30.1 Å². The van der Waals surface area contributed by atoms with Crippen LogP contribution in [-0.2, 0) is 78.6 Å². The van der Waals surface area contributed by atoms with E-state index in [-0.39, 0.29) is 45.4 Å². The molecule has 0 bridgehead atoms. The van der Waals surface area contributed by atoms with E-state index in [4.69, 9.17) is 71.1 Å². The third-order valence-electron chi connectivity index (χ3n) is 15.5. The van der Waals surface area contributed by atoms with E-state index in [1.807, 2.05) is 121 Å². The molecule has 2 saturated heterocycles. The minimum atomic E-state index is -1.78. The van der Waals surface area contributed by atoms with Gasteiger partial charge in [-0.2, -0.15) is 0 Å². The van der Waals surface area contributed by atoms with Crippen LogP contribution in [0.15, 0.2) is 152 Å². The first kappa shape index (κ1) is 76.4. The van der Waals surface area contributed by atoms with Gasteiger partial charge < -0.3 is 73.2 Å². The molecule has 5 N–H and O–H groups in total. The standard InChI is InChI=1S/C27H32N10O7.C21H24N4O4.C12H16N6O7/c28-34-31-19-12-11-18(43-26(19)44-25-21(33-36-30)22(38)20(32-35-29)23(39)24(25)40)14-37(13-16-7-3-1-4-8-16)27(41)42-15-17-9-5-2-6-10-17;22-24-23-19-12-11-18(29-20(19)26)14-25(13-16-7-3-1-4-8-16)21(27)28-15-17-9-5-2-6-10-17;1-4(19)23-10-7(15-17-13)9(22)12(25-6(3)21)11(24-5(2)20)8(10)16-18-14/h1-10,18-26,38-40H,11-15H2;1-10,18-20,26H,11-15H2;7-12,22H,1-3H3/t18-,19+,20+,21-,22+,23-,24+,25+,26+;18-,19+,20?;7-,8-,9-,10+,11+,12+/m001/s1. The largest absolute Gasteiger partial charge is 0.461 e. The molecule has 2 heterocycles. The lowest BCUT2D eigenvalue weighted by atomic mass is 9.81. The van der Waals surface area contributed by atoms with Gasteiger partial charge in [0.05, 0.1) is 61.7 Å². The fourth-order valence-corrected chi connectivity index (χ4v) is 11.0. The van der Waals surface area contributed by atoms with Gasteiger partial charge in [0.2, 0.25) is 0 Å². The third kappa shape index (κ3) is 22.8. The molecule has 8 rings (SSSR count). The summed E-state index contributed by atoms with van der Waals surface area (Å²) >= 11 is 0. The summed E-state index contributed by atoms with van der Waals surface area (Å²) in [6.07, 6.45) is -15.7. The zero-order chi connectivity index (χ0) is 71.1. The zero-order valence-electron chi connectivity index (χ0n) is 53.0. The highest BCUT2D eigenvalue weighted by Crippen LogP contribution is 2.35. The lowest BCUT2D eigenvalue weighted by Gasteiger charge is -2.45. The SMILES string of the molecule is CC(=O)O[C@H]1[C@H](N=[N+]=[N-])[C@@H](O)[C@H](OC(C)=O)[C@@H](OC(C)=O)[C@@H]1N=[N+]=[N-].[N-]=[N+]=N[C@@H]1CC[C@@H](CN(Cc2ccccc2)C(=O)OCc2ccccc2)OC1O.[N-]=[N+]=N[C@H]1[C@H](O)[C@@H](O)[C@H](O[C@H]2O[C@H](CN(Cc3ccccc3)C(=O)OCc3ccccc3)CC[C@H]2N=[N+]=[N-])[C@@H](N=[N+]=[N-])[C@@H]1O. The molecule has 520 valence electrons. The summed E-state index contributed by atoms with van der Waals surface area (Å²) in [5.41, 5.74) is 56.6. The van der Waals surface area contributed by atoms with Gasteiger partial charge in [-0.25, -0.2) is 9.59 Å².